The average Bonchev–Trinajstić information content (AvgIpc) is 2.59. The third-order valence-corrected chi connectivity index (χ3v) is 4.85. The van der Waals surface area contributed by atoms with Gasteiger partial charge in [0.05, 0.1) is 24.7 Å². The van der Waals surface area contributed by atoms with E-state index in [1.807, 2.05) is 20.8 Å². The van der Waals surface area contributed by atoms with Crippen molar-refractivity contribution in [3.63, 3.8) is 0 Å². The number of nitrogens with zero attached hydrogens (tertiary/aromatic N) is 1. The Labute approximate surface area is 162 Å². The molecule has 0 fully saturated rings. The summed E-state index contributed by atoms with van der Waals surface area (Å²) >= 11 is 3.39. The molecule has 138 valence electrons. The maximum Gasteiger partial charge on any atom is 0.335 e. The van der Waals surface area contributed by atoms with Crippen molar-refractivity contribution in [2.24, 2.45) is 0 Å². The molecule has 0 bridgehead atoms. The Bertz CT molecular complexity index is 809. The Morgan fingerprint density at radius 1 is 1.38 bits per heavy atom. The predicted molar refractivity (Wildman–Crippen MR) is 102 cm³/mol. The molecular weight excluding hydrogens is 399 g/mol. The first-order valence-electron chi connectivity index (χ1n) is 8.64. The molecule has 0 spiro atoms. The van der Waals surface area contributed by atoms with Gasteiger partial charge in [-0.25, -0.2) is 14.0 Å². The molecule has 1 heterocycles. The van der Waals surface area contributed by atoms with Crippen LogP contribution in [-0.4, -0.2) is 12.6 Å². The van der Waals surface area contributed by atoms with E-state index in [-0.39, 0.29) is 5.82 Å². The number of rotatable bonds is 6. The lowest BCUT2D eigenvalue weighted by atomic mass is 9.83. The average molecular weight is 421 g/mol. The van der Waals surface area contributed by atoms with Gasteiger partial charge in [-0.05, 0) is 37.5 Å². The van der Waals surface area contributed by atoms with Crippen molar-refractivity contribution in [1.29, 1.82) is 0 Å². The fourth-order valence-corrected chi connectivity index (χ4v) is 3.61. The van der Waals surface area contributed by atoms with Crippen molar-refractivity contribution >= 4 is 21.9 Å². The van der Waals surface area contributed by atoms with Crippen molar-refractivity contribution in [3.8, 4) is 0 Å². The second-order valence-electron chi connectivity index (χ2n) is 6.12. The minimum absolute atomic E-state index is 0.315. The molecule has 4 nitrogen and oxygen atoms in total. The molecule has 0 aliphatic carbocycles. The number of halogens is 2. The van der Waals surface area contributed by atoms with Crippen molar-refractivity contribution in [3.05, 3.63) is 68.1 Å². The van der Waals surface area contributed by atoms with E-state index in [0.717, 1.165) is 12.1 Å². The molecule has 0 radical (unpaired) electrons. The number of hydrogen-bond acceptors (Lipinski definition) is 3. The van der Waals surface area contributed by atoms with E-state index in [2.05, 4.69) is 26.1 Å². The monoisotopic (exact) mass is 420 g/mol. The topological polar surface area (TPSA) is 42.7 Å². The fraction of sp³-hybridized carbons (Fsp3) is 0.400. The van der Waals surface area contributed by atoms with Gasteiger partial charge < -0.3 is 10.1 Å². The Morgan fingerprint density at radius 2 is 2.12 bits per heavy atom. The van der Waals surface area contributed by atoms with Crippen LogP contribution in [0.25, 0.3) is 4.85 Å². The fourth-order valence-electron chi connectivity index (χ4n) is 3.03. The Kier molecular flexibility index (Phi) is 6.98. The highest BCUT2D eigenvalue weighted by Crippen LogP contribution is 2.42. The molecule has 1 atom stereocenters. The summed E-state index contributed by atoms with van der Waals surface area (Å²) in [7, 11) is 0. The van der Waals surface area contributed by atoms with Gasteiger partial charge >= 0.3 is 5.97 Å². The number of allylic oxidation sites excluding steroid dienone is 3. The summed E-state index contributed by atoms with van der Waals surface area (Å²) in [6.07, 6.45) is 2.21. The number of carbonyl (C=O) groups is 1. The molecular formula is C20H22BrFN2O2. The molecule has 1 N–H and O–H groups in total. The molecule has 2 rings (SSSR count). The maximum atomic E-state index is 13.6. The zero-order valence-corrected chi connectivity index (χ0v) is 16.7. The lowest BCUT2D eigenvalue weighted by molar-refractivity contribution is -0.139. The van der Waals surface area contributed by atoms with Crippen LogP contribution in [0.2, 0.25) is 0 Å². The second kappa shape index (κ2) is 9.00. The number of dihydropyridines is 1. The van der Waals surface area contributed by atoms with E-state index in [1.165, 1.54) is 12.1 Å². The summed E-state index contributed by atoms with van der Waals surface area (Å²) in [6.45, 7) is 13.7. The quantitative estimate of drug-likeness (QED) is 0.492. The smallest absolute Gasteiger partial charge is 0.335 e. The van der Waals surface area contributed by atoms with Crippen molar-refractivity contribution in [1.82, 2.24) is 5.32 Å². The largest absolute Gasteiger partial charge is 0.462 e. The van der Waals surface area contributed by atoms with Gasteiger partial charge in [-0.15, -0.1) is 0 Å². The van der Waals surface area contributed by atoms with E-state index >= 15 is 0 Å². The van der Waals surface area contributed by atoms with Gasteiger partial charge in [-0.2, -0.15) is 0 Å². The lowest BCUT2D eigenvalue weighted by Crippen LogP contribution is -2.29. The van der Waals surface area contributed by atoms with E-state index in [1.54, 1.807) is 6.07 Å². The van der Waals surface area contributed by atoms with Gasteiger partial charge in [0.25, 0.3) is 0 Å². The minimum atomic E-state index is -0.588. The summed E-state index contributed by atoms with van der Waals surface area (Å²) < 4.78 is 19.5. The number of nitrogens with one attached hydrogen (secondary N) is 1. The molecule has 0 saturated carbocycles. The Balaban J connectivity index is 2.66. The van der Waals surface area contributed by atoms with Crippen LogP contribution in [0.3, 0.4) is 0 Å². The van der Waals surface area contributed by atoms with Crippen LogP contribution in [0.5, 0.6) is 0 Å². The van der Waals surface area contributed by atoms with E-state index in [4.69, 9.17) is 11.3 Å². The predicted octanol–water partition coefficient (Wildman–Crippen LogP) is 5.43. The van der Waals surface area contributed by atoms with Crippen LogP contribution in [0, 0.1) is 12.4 Å². The van der Waals surface area contributed by atoms with Gasteiger partial charge in [0.15, 0.2) is 5.70 Å². The number of benzene rings is 1. The van der Waals surface area contributed by atoms with Gasteiger partial charge in [0, 0.05) is 15.9 Å². The lowest BCUT2D eigenvalue weighted by Gasteiger charge is -2.30. The highest BCUT2D eigenvalue weighted by atomic mass is 79.9. The van der Waals surface area contributed by atoms with Gasteiger partial charge in [0.1, 0.15) is 5.82 Å². The molecule has 1 unspecified atom stereocenters. The SMILES string of the molecule is [C-]#[N+]C1=C(C)NC(CCC)=C(C(=O)OCCC)C1c1ccc(F)cc1Br. The van der Waals surface area contributed by atoms with Crippen LogP contribution < -0.4 is 5.32 Å². The molecule has 1 aromatic carbocycles. The van der Waals surface area contributed by atoms with Gasteiger partial charge in [-0.3, -0.25) is 0 Å². The third kappa shape index (κ3) is 4.16. The first-order valence-corrected chi connectivity index (χ1v) is 9.44. The molecule has 0 saturated heterocycles. The van der Waals surface area contributed by atoms with E-state index in [0.29, 0.717) is 46.5 Å². The van der Waals surface area contributed by atoms with Crippen LogP contribution in [0.1, 0.15) is 51.5 Å². The van der Waals surface area contributed by atoms with Crippen LogP contribution >= 0.6 is 15.9 Å². The Morgan fingerprint density at radius 3 is 2.69 bits per heavy atom. The zero-order valence-electron chi connectivity index (χ0n) is 15.2. The molecule has 6 heteroatoms. The zero-order chi connectivity index (χ0) is 19.3. The van der Waals surface area contributed by atoms with Crippen LogP contribution in [0.15, 0.2) is 45.3 Å². The standard InChI is InChI=1S/C20H22BrFN2O2/c1-5-7-16-18(20(25)26-10-6-2)17(19(23-4)12(3)24-16)14-9-8-13(22)11-15(14)21/h8-9,11,17,24H,5-7,10H2,1-3H3. The van der Waals surface area contributed by atoms with Crippen LogP contribution in [0.4, 0.5) is 4.39 Å². The molecule has 1 aliphatic heterocycles. The van der Waals surface area contributed by atoms with Crippen molar-refractivity contribution < 1.29 is 13.9 Å². The molecule has 1 aliphatic rings. The number of hydrogen-bond donors (Lipinski definition) is 1. The summed E-state index contributed by atoms with van der Waals surface area (Å²) in [5.74, 6) is -1.40. The normalized spacial score (nSPS) is 17.0. The summed E-state index contributed by atoms with van der Waals surface area (Å²) in [4.78, 5) is 16.5. The van der Waals surface area contributed by atoms with Crippen LogP contribution in [-0.2, 0) is 9.53 Å². The maximum absolute atomic E-state index is 13.6. The van der Waals surface area contributed by atoms with Crippen molar-refractivity contribution in [2.45, 2.75) is 46.0 Å². The van der Waals surface area contributed by atoms with Crippen molar-refractivity contribution in [2.75, 3.05) is 6.61 Å². The number of carbonyl (C=O) groups excluding carboxylic acids is 1. The molecule has 0 amide bonds. The number of esters is 1. The molecule has 1 aromatic rings. The summed E-state index contributed by atoms with van der Waals surface area (Å²) in [5.41, 5.74) is 3.00. The molecule has 26 heavy (non-hydrogen) atoms. The summed E-state index contributed by atoms with van der Waals surface area (Å²) in [6, 6.07) is 4.31. The summed E-state index contributed by atoms with van der Waals surface area (Å²) in [5, 5.41) is 3.21. The molecule has 0 aromatic heterocycles. The highest BCUT2D eigenvalue weighted by Gasteiger charge is 2.36. The van der Waals surface area contributed by atoms with Gasteiger partial charge in [0.2, 0.25) is 0 Å². The number of ether oxygens (including phenoxy) is 1. The third-order valence-electron chi connectivity index (χ3n) is 4.16. The first kappa shape index (κ1) is 20.2. The highest BCUT2D eigenvalue weighted by molar-refractivity contribution is 9.10. The first-order chi connectivity index (χ1) is 12.4. The van der Waals surface area contributed by atoms with Gasteiger partial charge in [-0.1, -0.05) is 42.3 Å². The second-order valence-corrected chi connectivity index (χ2v) is 6.98. The Hall–Kier alpha value is -2.13. The minimum Gasteiger partial charge on any atom is -0.462 e. The van der Waals surface area contributed by atoms with E-state index in [9.17, 15) is 9.18 Å². The van der Waals surface area contributed by atoms with E-state index < -0.39 is 11.9 Å².